The third-order valence-corrected chi connectivity index (χ3v) is 6.62. The average Bonchev–Trinajstić information content (AvgIpc) is 3.02. The molecule has 2 aliphatic heterocycles. The maximum absolute atomic E-state index is 12.4. The average molecular weight is 342 g/mol. The number of likely N-dealkylation sites (tertiary alicyclic amines) is 1. The van der Waals surface area contributed by atoms with Gasteiger partial charge in [0.15, 0.2) is 0 Å². The highest BCUT2D eigenvalue weighted by Gasteiger charge is 2.44. The molecule has 1 saturated carbocycles. The Morgan fingerprint density at radius 2 is 1.96 bits per heavy atom. The Kier molecular flexibility index (Phi) is 4.72. The van der Waals surface area contributed by atoms with Crippen LogP contribution < -0.4 is 4.90 Å². The van der Waals surface area contributed by atoms with Crippen molar-refractivity contribution < 1.29 is 9.53 Å². The Balaban J connectivity index is 1.30. The normalized spacial score (nSPS) is 25.8. The predicted octanol–water partition coefficient (Wildman–Crippen LogP) is 3.46. The number of likely N-dealkylation sites (N-methyl/N-ethyl adjacent to an activating group) is 1. The molecule has 2 heterocycles. The van der Waals surface area contributed by atoms with Gasteiger partial charge in [-0.1, -0.05) is 24.6 Å². The highest BCUT2D eigenvalue weighted by Crippen LogP contribution is 2.39. The van der Waals surface area contributed by atoms with Gasteiger partial charge in [-0.3, -0.25) is 4.79 Å². The van der Waals surface area contributed by atoms with Crippen molar-refractivity contribution in [3.63, 3.8) is 0 Å². The Morgan fingerprint density at radius 1 is 1.24 bits per heavy atom. The number of rotatable bonds is 4. The first-order chi connectivity index (χ1) is 12.2. The fourth-order valence-electron chi connectivity index (χ4n) is 4.53. The minimum atomic E-state index is -0.0129. The molecule has 1 atom stereocenters. The first-order valence-corrected chi connectivity index (χ1v) is 9.85. The third kappa shape index (κ3) is 3.55. The molecule has 1 aromatic rings. The third-order valence-electron chi connectivity index (χ3n) is 6.62. The zero-order valence-electron chi connectivity index (χ0n) is 15.3. The van der Waals surface area contributed by atoms with E-state index >= 15 is 0 Å². The van der Waals surface area contributed by atoms with Crippen LogP contribution in [0.15, 0.2) is 30.3 Å². The monoisotopic (exact) mass is 342 g/mol. The molecule has 4 rings (SSSR count). The first kappa shape index (κ1) is 16.9. The molecule has 1 amide bonds. The van der Waals surface area contributed by atoms with Gasteiger partial charge in [-0.05, 0) is 50.2 Å². The molecular weight excluding hydrogens is 312 g/mol. The maximum Gasteiger partial charge on any atom is 0.222 e. The summed E-state index contributed by atoms with van der Waals surface area (Å²) in [7, 11) is 2.17. The SMILES string of the molecule is CN(c1ccccc1)C1COC2(CCN(C(=O)CC3CCC3)CC2)C1. The number of amides is 1. The standard InChI is InChI=1S/C21H30N2O2/c1-22(18-8-3-2-4-9-18)19-15-21(25-16-19)10-12-23(13-11-21)20(24)14-17-6-5-7-17/h2-4,8-9,17,19H,5-7,10-16H2,1H3. The van der Waals surface area contributed by atoms with Crippen molar-refractivity contribution in [1.82, 2.24) is 4.90 Å². The number of anilines is 1. The summed E-state index contributed by atoms with van der Waals surface area (Å²) >= 11 is 0. The van der Waals surface area contributed by atoms with E-state index in [1.807, 2.05) is 0 Å². The Labute approximate surface area is 151 Å². The molecule has 2 saturated heterocycles. The number of nitrogens with zero attached hydrogens (tertiary/aromatic N) is 2. The quantitative estimate of drug-likeness (QED) is 0.840. The molecule has 1 aliphatic carbocycles. The lowest BCUT2D eigenvalue weighted by atomic mass is 9.82. The van der Waals surface area contributed by atoms with Crippen LogP contribution in [-0.4, -0.2) is 49.2 Å². The number of hydrogen-bond donors (Lipinski definition) is 0. The second-order valence-corrected chi connectivity index (χ2v) is 8.18. The topological polar surface area (TPSA) is 32.8 Å². The first-order valence-electron chi connectivity index (χ1n) is 9.85. The summed E-state index contributed by atoms with van der Waals surface area (Å²) < 4.78 is 6.30. The molecule has 0 N–H and O–H groups in total. The van der Waals surface area contributed by atoms with E-state index in [2.05, 4.69) is 47.2 Å². The van der Waals surface area contributed by atoms with Crippen LogP contribution >= 0.6 is 0 Å². The number of benzene rings is 1. The van der Waals surface area contributed by atoms with E-state index in [0.29, 0.717) is 17.9 Å². The lowest BCUT2D eigenvalue weighted by Gasteiger charge is -2.40. The number of hydrogen-bond acceptors (Lipinski definition) is 3. The van der Waals surface area contributed by atoms with E-state index < -0.39 is 0 Å². The van der Waals surface area contributed by atoms with Crippen LogP contribution in [0.3, 0.4) is 0 Å². The molecule has 25 heavy (non-hydrogen) atoms. The van der Waals surface area contributed by atoms with Crippen LogP contribution in [0.4, 0.5) is 5.69 Å². The van der Waals surface area contributed by atoms with Crippen LogP contribution in [0.25, 0.3) is 0 Å². The van der Waals surface area contributed by atoms with Gasteiger partial charge in [0.1, 0.15) is 0 Å². The molecule has 3 aliphatic rings. The van der Waals surface area contributed by atoms with Crippen molar-refractivity contribution in [2.45, 2.75) is 56.6 Å². The van der Waals surface area contributed by atoms with Crippen LogP contribution in [-0.2, 0) is 9.53 Å². The summed E-state index contributed by atoms with van der Waals surface area (Å²) in [4.78, 5) is 16.9. The zero-order chi connectivity index (χ0) is 17.3. The largest absolute Gasteiger partial charge is 0.373 e. The molecule has 1 aromatic carbocycles. The van der Waals surface area contributed by atoms with Gasteiger partial charge in [-0.2, -0.15) is 0 Å². The summed E-state index contributed by atoms with van der Waals surface area (Å²) in [6, 6.07) is 11.0. The van der Waals surface area contributed by atoms with Gasteiger partial charge in [0, 0.05) is 32.2 Å². The minimum absolute atomic E-state index is 0.0129. The van der Waals surface area contributed by atoms with Gasteiger partial charge in [-0.15, -0.1) is 0 Å². The van der Waals surface area contributed by atoms with Crippen molar-refractivity contribution >= 4 is 11.6 Å². The fraction of sp³-hybridized carbons (Fsp3) is 0.667. The van der Waals surface area contributed by atoms with Crippen LogP contribution in [0, 0.1) is 5.92 Å². The van der Waals surface area contributed by atoms with Gasteiger partial charge >= 0.3 is 0 Å². The van der Waals surface area contributed by atoms with Crippen LogP contribution in [0.1, 0.15) is 44.9 Å². The summed E-state index contributed by atoms with van der Waals surface area (Å²) in [5, 5.41) is 0. The molecule has 0 bridgehead atoms. The van der Waals surface area contributed by atoms with E-state index in [1.54, 1.807) is 0 Å². The second-order valence-electron chi connectivity index (χ2n) is 8.18. The molecule has 0 aromatic heterocycles. The number of para-hydroxylation sites is 1. The van der Waals surface area contributed by atoms with E-state index in [-0.39, 0.29) is 5.60 Å². The Bertz CT molecular complexity index is 591. The molecule has 1 unspecified atom stereocenters. The second kappa shape index (κ2) is 6.99. The predicted molar refractivity (Wildman–Crippen MR) is 99.7 cm³/mol. The van der Waals surface area contributed by atoms with Crippen molar-refractivity contribution in [2.24, 2.45) is 5.92 Å². The highest BCUT2D eigenvalue weighted by atomic mass is 16.5. The molecule has 4 nitrogen and oxygen atoms in total. The lowest BCUT2D eigenvalue weighted by molar-refractivity contribution is -0.137. The number of ether oxygens (including phenoxy) is 1. The summed E-state index contributed by atoms with van der Waals surface area (Å²) in [6.07, 6.45) is 7.63. The van der Waals surface area contributed by atoms with Gasteiger partial charge in [0.05, 0.1) is 18.2 Å². The smallest absolute Gasteiger partial charge is 0.222 e. The van der Waals surface area contributed by atoms with Gasteiger partial charge in [0.2, 0.25) is 5.91 Å². The van der Waals surface area contributed by atoms with Gasteiger partial charge in [-0.25, -0.2) is 0 Å². The molecule has 4 heteroatoms. The lowest BCUT2D eigenvalue weighted by Crippen LogP contribution is -2.47. The van der Waals surface area contributed by atoms with Crippen LogP contribution in [0.5, 0.6) is 0 Å². The van der Waals surface area contributed by atoms with Crippen molar-refractivity contribution in [2.75, 3.05) is 31.6 Å². The van der Waals surface area contributed by atoms with E-state index in [0.717, 1.165) is 45.4 Å². The zero-order valence-corrected chi connectivity index (χ0v) is 15.3. The minimum Gasteiger partial charge on any atom is -0.373 e. The van der Waals surface area contributed by atoms with Crippen molar-refractivity contribution in [3.8, 4) is 0 Å². The number of piperidine rings is 1. The molecule has 3 fully saturated rings. The number of carbonyl (C=O) groups excluding carboxylic acids is 1. The molecular formula is C21H30N2O2. The van der Waals surface area contributed by atoms with E-state index in [9.17, 15) is 4.79 Å². The Morgan fingerprint density at radius 3 is 2.60 bits per heavy atom. The maximum atomic E-state index is 12.4. The highest BCUT2D eigenvalue weighted by molar-refractivity contribution is 5.76. The van der Waals surface area contributed by atoms with Gasteiger partial charge in [0.25, 0.3) is 0 Å². The molecule has 1 spiro atoms. The summed E-state index contributed by atoms with van der Waals surface area (Å²) in [5.74, 6) is 1.03. The number of carbonyl (C=O) groups is 1. The van der Waals surface area contributed by atoms with Gasteiger partial charge < -0.3 is 14.5 Å². The summed E-state index contributed by atoms with van der Waals surface area (Å²) in [6.45, 7) is 2.53. The Hall–Kier alpha value is -1.55. The van der Waals surface area contributed by atoms with E-state index in [1.165, 1.54) is 24.9 Å². The molecule has 136 valence electrons. The van der Waals surface area contributed by atoms with E-state index in [4.69, 9.17) is 4.74 Å². The van der Waals surface area contributed by atoms with Crippen LogP contribution in [0.2, 0.25) is 0 Å². The molecule has 0 radical (unpaired) electrons. The van der Waals surface area contributed by atoms with Crippen molar-refractivity contribution in [1.29, 1.82) is 0 Å². The fourth-order valence-corrected chi connectivity index (χ4v) is 4.53. The van der Waals surface area contributed by atoms with Crippen molar-refractivity contribution in [3.05, 3.63) is 30.3 Å². The summed E-state index contributed by atoms with van der Waals surface area (Å²) in [5.41, 5.74) is 1.24.